The Balaban J connectivity index is 2.49. The van der Waals surface area contributed by atoms with E-state index < -0.39 is 0 Å². The largest absolute Gasteiger partial charge is 0.368 e. The molecule has 0 aliphatic rings. The summed E-state index contributed by atoms with van der Waals surface area (Å²) < 4.78 is 1.99. The monoisotopic (exact) mass is 216 g/mol. The number of hydrogen-bond acceptors (Lipinski definition) is 3. The molecule has 2 N–H and O–H groups in total. The van der Waals surface area contributed by atoms with E-state index in [9.17, 15) is 0 Å². The number of hydrogen-bond donors (Lipinski definition) is 1. The average Bonchev–Trinajstić information content (AvgIpc) is 2.64. The Kier molecular flexibility index (Phi) is 2.64. The molecule has 0 aliphatic carbocycles. The molecule has 0 spiro atoms. The maximum absolute atomic E-state index is 5.71. The Morgan fingerprint density at radius 2 is 2.06 bits per heavy atom. The molecule has 4 heteroatoms. The standard InChI is InChI=1S/C12H16N4/c1-8(2)10-6-11(15-12(13)14-10)9-4-5-16(3)7-9/h4-8H,1-3H3,(H2,13,14,15). The number of aryl methyl sites for hydroxylation is 1. The van der Waals surface area contributed by atoms with Crippen LogP contribution in [-0.2, 0) is 7.05 Å². The summed E-state index contributed by atoms with van der Waals surface area (Å²) in [4.78, 5) is 8.48. The van der Waals surface area contributed by atoms with E-state index in [1.807, 2.05) is 36.1 Å². The third-order valence-electron chi connectivity index (χ3n) is 2.48. The summed E-state index contributed by atoms with van der Waals surface area (Å²) in [5, 5.41) is 0. The first-order valence-electron chi connectivity index (χ1n) is 5.33. The predicted octanol–water partition coefficient (Wildman–Crippen LogP) is 2.19. The summed E-state index contributed by atoms with van der Waals surface area (Å²) in [5.41, 5.74) is 8.64. The molecule has 0 radical (unpaired) electrons. The normalized spacial score (nSPS) is 11.0. The summed E-state index contributed by atoms with van der Waals surface area (Å²) >= 11 is 0. The number of rotatable bonds is 2. The van der Waals surface area contributed by atoms with Crippen molar-refractivity contribution in [3.8, 4) is 11.3 Å². The third kappa shape index (κ3) is 2.05. The van der Waals surface area contributed by atoms with Gasteiger partial charge in [-0.1, -0.05) is 13.8 Å². The van der Waals surface area contributed by atoms with Crippen molar-refractivity contribution in [2.75, 3.05) is 5.73 Å². The van der Waals surface area contributed by atoms with E-state index in [0.29, 0.717) is 11.9 Å². The van der Waals surface area contributed by atoms with Gasteiger partial charge in [-0.2, -0.15) is 0 Å². The Morgan fingerprint density at radius 3 is 2.62 bits per heavy atom. The van der Waals surface area contributed by atoms with Crippen LogP contribution in [0.25, 0.3) is 11.3 Å². The van der Waals surface area contributed by atoms with Crippen LogP contribution in [0.15, 0.2) is 24.5 Å². The first-order chi connectivity index (χ1) is 7.56. The molecule has 0 saturated carbocycles. The van der Waals surface area contributed by atoms with Gasteiger partial charge in [0, 0.05) is 30.7 Å². The van der Waals surface area contributed by atoms with Crippen LogP contribution in [0.2, 0.25) is 0 Å². The number of anilines is 1. The quantitative estimate of drug-likeness (QED) is 0.837. The number of nitrogens with two attached hydrogens (primary N) is 1. The second-order valence-corrected chi connectivity index (χ2v) is 4.26. The number of nitrogen functional groups attached to an aromatic ring is 1. The summed E-state index contributed by atoms with van der Waals surface area (Å²) in [5.74, 6) is 0.692. The van der Waals surface area contributed by atoms with Gasteiger partial charge in [0.15, 0.2) is 0 Å². The molecular formula is C12H16N4. The van der Waals surface area contributed by atoms with Crippen molar-refractivity contribution in [2.45, 2.75) is 19.8 Å². The molecule has 2 aromatic rings. The average molecular weight is 216 g/mol. The van der Waals surface area contributed by atoms with Gasteiger partial charge in [0.2, 0.25) is 5.95 Å². The Bertz CT molecular complexity index is 499. The van der Waals surface area contributed by atoms with Gasteiger partial charge >= 0.3 is 0 Å². The first-order valence-corrected chi connectivity index (χ1v) is 5.33. The topological polar surface area (TPSA) is 56.7 Å². The predicted molar refractivity (Wildman–Crippen MR) is 64.9 cm³/mol. The zero-order chi connectivity index (χ0) is 11.7. The summed E-state index contributed by atoms with van der Waals surface area (Å²) in [6.45, 7) is 4.19. The van der Waals surface area contributed by atoms with Crippen molar-refractivity contribution in [1.29, 1.82) is 0 Å². The van der Waals surface area contributed by atoms with Crippen LogP contribution in [0, 0.1) is 0 Å². The van der Waals surface area contributed by atoms with Crippen LogP contribution < -0.4 is 5.73 Å². The highest BCUT2D eigenvalue weighted by atomic mass is 15.0. The molecule has 0 saturated heterocycles. The smallest absolute Gasteiger partial charge is 0.220 e. The maximum Gasteiger partial charge on any atom is 0.220 e. The molecule has 2 heterocycles. The van der Waals surface area contributed by atoms with Gasteiger partial charge in [0.1, 0.15) is 0 Å². The molecule has 16 heavy (non-hydrogen) atoms. The highest BCUT2D eigenvalue weighted by molar-refractivity contribution is 5.59. The first kappa shape index (κ1) is 10.7. The molecule has 2 rings (SSSR count). The van der Waals surface area contributed by atoms with E-state index in [1.54, 1.807) is 0 Å². The van der Waals surface area contributed by atoms with Crippen LogP contribution in [0.5, 0.6) is 0 Å². The molecule has 0 bridgehead atoms. The van der Waals surface area contributed by atoms with Crippen LogP contribution in [0.1, 0.15) is 25.5 Å². The van der Waals surface area contributed by atoms with Crippen LogP contribution in [0.4, 0.5) is 5.95 Å². The third-order valence-corrected chi connectivity index (χ3v) is 2.48. The molecule has 84 valence electrons. The minimum Gasteiger partial charge on any atom is -0.368 e. The van der Waals surface area contributed by atoms with Crippen molar-refractivity contribution < 1.29 is 0 Å². The van der Waals surface area contributed by atoms with Gasteiger partial charge in [-0.05, 0) is 18.1 Å². The molecular weight excluding hydrogens is 200 g/mol. The lowest BCUT2D eigenvalue weighted by Gasteiger charge is -2.07. The Hall–Kier alpha value is -1.84. The molecule has 0 unspecified atom stereocenters. The molecule has 2 aromatic heterocycles. The van der Waals surface area contributed by atoms with Crippen molar-refractivity contribution in [1.82, 2.24) is 14.5 Å². The van der Waals surface area contributed by atoms with E-state index in [4.69, 9.17) is 5.73 Å². The zero-order valence-electron chi connectivity index (χ0n) is 9.81. The zero-order valence-corrected chi connectivity index (χ0v) is 9.81. The fourth-order valence-electron chi connectivity index (χ4n) is 1.58. The summed E-state index contributed by atoms with van der Waals surface area (Å²) in [6, 6.07) is 4.02. The minimum atomic E-state index is 0.338. The maximum atomic E-state index is 5.71. The van der Waals surface area contributed by atoms with Gasteiger partial charge in [-0.3, -0.25) is 0 Å². The van der Waals surface area contributed by atoms with E-state index >= 15 is 0 Å². The highest BCUT2D eigenvalue weighted by Gasteiger charge is 2.08. The Morgan fingerprint density at radius 1 is 1.31 bits per heavy atom. The minimum absolute atomic E-state index is 0.338. The van der Waals surface area contributed by atoms with Gasteiger partial charge in [0.05, 0.1) is 5.69 Å². The van der Waals surface area contributed by atoms with Gasteiger partial charge in [-0.25, -0.2) is 9.97 Å². The second-order valence-electron chi connectivity index (χ2n) is 4.26. The van der Waals surface area contributed by atoms with Crippen molar-refractivity contribution in [2.24, 2.45) is 7.05 Å². The van der Waals surface area contributed by atoms with Gasteiger partial charge < -0.3 is 10.3 Å². The van der Waals surface area contributed by atoms with Crippen LogP contribution in [-0.4, -0.2) is 14.5 Å². The molecule has 0 fully saturated rings. The number of aromatic nitrogens is 3. The van der Waals surface area contributed by atoms with E-state index in [0.717, 1.165) is 17.0 Å². The number of nitrogens with zero attached hydrogens (tertiary/aromatic N) is 3. The van der Waals surface area contributed by atoms with E-state index in [-0.39, 0.29) is 0 Å². The van der Waals surface area contributed by atoms with Crippen LogP contribution >= 0.6 is 0 Å². The molecule has 0 aromatic carbocycles. The molecule has 0 amide bonds. The molecule has 0 aliphatic heterocycles. The SMILES string of the molecule is CC(C)c1cc(-c2ccn(C)c2)nc(N)n1. The fraction of sp³-hybridized carbons (Fsp3) is 0.333. The van der Waals surface area contributed by atoms with Gasteiger partial charge in [-0.15, -0.1) is 0 Å². The highest BCUT2D eigenvalue weighted by Crippen LogP contribution is 2.21. The second kappa shape index (κ2) is 3.96. The van der Waals surface area contributed by atoms with E-state index in [2.05, 4.69) is 23.8 Å². The molecule has 4 nitrogen and oxygen atoms in total. The van der Waals surface area contributed by atoms with E-state index in [1.165, 1.54) is 0 Å². The lowest BCUT2D eigenvalue weighted by molar-refractivity contribution is 0.819. The fourth-order valence-corrected chi connectivity index (χ4v) is 1.58. The summed E-state index contributed by atoms with van der Waals surface area (Å²) in [7, 11) is 1.98. The summed E-state index contributed by atoms with van der Waals surface area (Å²) in [6.07, 6.45) is 4.01. The lowest BCUT2D eigenvalue weighted by atomic mass is 10.1. The molecule has 0 atom stereocenters. The van der Waals surface area contributed by atoms with Crippen molar-refractivity contribution in [3.63, 3.8) is 0 Å². The van der Waals surface area contributed by atoms with Crippen LogP contribution in [0.3, 0.4) is 0 Å². The Labute approximate surface area is 95.1 Å². The van der Waals surface area contributed by atoms with Crippen molar-refractivity contribution >= 4 is 5.95 Å². The van der Waals surface area contributed by atoms with Gasteiger partial charge in [0.25, 0.3) is 0 Å². The van der Waals surface area contributed by atoms with Crippen molar-refractivity contribution in [3.05, 3.63) is 30.2 Å². The lowest BCUT2D eigenvalue weighted by Crippen LogP contribution is -2.02.